The molecule has 1 aromatic carbocycles. The summed E-state index contributed by atoms with van der Waals surface area (Å²) in [6.45, 7) is 16.1. The summed E-state index contributed by atoms with van der Waals surface area (Å²) in [6.07, 6.45) is 0. The Labute approximate surface area is 140 Å². The fourth-order valence-corrected chi connectivity index (χ4v) is 7.51. The maximum atomic E-state index is 6.28. The Hall–Kier alpha value is 0.826. The number of rotatable bonds is 4. The molecule has 0 atom stereocenters. The van der Waals surface area contributed by atoms with E-state index in [-0.39, 0.29) is 0 Å². The van der Waals surface area contributed by atoms with Crippen molar-refractivity contribution in [1.29, 1.82) is 0 Å². The summed E-state index contributed by atoms with van der Waals surface area (Å²) in [5.41, 5.74) is 2.77. The Morgan fingerprint density at radius 3 is 1.40 bits per heavy atom. The van der Waals surface area contributed by atoms with Crippen LogP contribution in [0, 0.1) is 0 Å². The summed E-state index contributed by atoms with van der Waals surface area (Å²) in [5, 5.41) is 1.55. The van der Waals surface area contributed by atoms with Crippen LogP contribution in [0.15, 0.2) is 12.1 Å². The Morgan fingerprint density at radius 1 is 0.850 bits per heavy atom. The van der Waals surface area contributed by atoms with E-state index in [1.165, 1.54) is 11.1 Å². The molecule has 0 saturated heterocycles. The van der Waals surface area contributed by atoms with Gasteiger partial charge in [-0.25, -0.2) is 0 Å². The van der Waals surface area contributed by atoms with Crippen LogP contribution < -0.4 is 9.65 Å². The summed E-state index contributed by atoms with van der Waals surface area (Å²) in [4.78, 5) is 0. The summed E-state index contributed by atoms with van der Waals surface area (Å²) in [5.74, 6) is 0.914. The van der Waals surface area contributed by atoms with Crippen molar-refractivity contribution in [3.05, 3.63) is 23.3 Å². The predicted octanol–water partition coefficient (Wildman–Crippen LogP) is 5.34. The van der Waals surface area contributed by atoms with Crippen molar-refractivity contribution in [2.45, 2.75) is 59.2 Å². The molecule has 0 aliphatic carbocycles. The Balaban J connectivity index is 3.74. The van der Waals surface area contributed by atoms with Crippen molar-refractivity contribution in [2.24, 2.45) is 0 Å². The Kier molecular flexibility index (Phi) is 6.15. The number of hydrogen-bond donors (Lipinski definition) is 0. The zero-order chi connectivity index (χ0) is 15.9. The van der Waals surface area contributed by atoms with Crippen LogP contribution in [0.5, 0.6) is 0 Å². The van der Waals surface area contributed by atoms with E-state index in [1.54, 1.807) is 5.19 Å². The summed E-state index contributed by atoms with van der Waals surface area (Å²) < 4.78 is 0.945. The molecule has 0 spiro atoms. The van der Waals surface area contributed by atoms with E-state index in [1.807, 2.05) is 0 Å². The van der Waals surface area contributed by atoms with Crippen molar-refractivity contribution in [3.8, 4) is 0 Å². The quantitative estimate of drug-likeness (QED) is 0.579. The van der Waals surface area contributed by atoms with Crippen LogP contribution in [0.1, 0.15) is 50.7 Å². The molecular formula is C15H25Cl3SeSi. The fraction of sp³-hybridized carbons (Fsp3) is 0.600. The third-order valence-electron chi connectivity index (χ3n) is 3.43. The molecule has 1 rings (SSSR count). The van der Waals surface area contributed by atoms with E-state index in [4.69, 9.17) is 30.3 Å². The molecule has 0 fully saturated rings. The zero-order valence-electron chi connectivity index (χ0n) is 13.4. The minimum absolute atomic E-state index is 0.457. The molecule has 1 aromatic rings. The molecule has 0 unspecified atom stereocenters. The third-order valence-corrected chi connectivity index (χ3v) is 9.90. The number of hydrogen-bond acceptors (Lipinski definition) is 0. The Bertz CT molecular complexity index is 456. The first-order chi connectivity index (χ1) is 8.85. The van der Waals surface area contributed by atoms with E-state index < -0.39 is 18.2 Å². The SMILES string of the molecule is CC(C)c1cc([Se](Cl)(Cl)Cl)cc(C(C)C)c1[Si](C)(C)C. The van der Waals surface area contributed by atoms with Gasteiger partial charge >= 0.3 is 141 Å². The van der Waals surface area contributed by atoms with Crippen LogP contribution in [0.25, 0.3) is 0 Å². The van der Waals surface area contributed by atoms with Crippen LogP contribution in [0.2, 0.25) is 19.6 Å². The molecule has 0 heterocycles. The summed E-state index contributed by atoms with van der Waals surface area (Å²) in [6, 6.07) is 4.33. The average Bonchev–Trinajstić information content (AvgIpc) is 2.24. The van der Waals surface area contributed by atoms with Gasteiger partial charge < -0.3 is 0 Å². The van der Waals surface area contributed by atoms with Crippen LogP contribution >= 0.6 is 30.3 Å². The second-order valence-electron chi connectivity index (χ2n) is 6.94. The second-order valence-corrected chi connectivity index (χ2v) is 24.3. The minimum atomic E-state index is -3.02. The van der Waals surface area contributed by atoms with Crippen LogP contribution in [-0.4, -0.2) is 18.2 Å². The molecule has 0 aliphatic heterocycles. The van der Waals surface area contributed by atoms with Gasteiger partial charge in [0.2, 0.25) is 0 Å². The molecule has 0 aliphatic rings. The monoisotopic (exact) mass is 418 g/mol. The molecule has 116 valence electrons. The maximum absolute atomic E-state index is 6.28. The fourth-order valence-electron chi connectivity index (χ4n) is 2.57. The third kappa shape index (κ3) is 4.41. The van der Waals surface area contributed by atoms with Gasteiger partial charge in [-0.15, -0.1) is 0 Å². The average molecular weight is 419 g/mol. The van der Waals surface area contributed by atoms with Gasteiger partial charge in [-0.2, -0.15) is 0 Å². The van der Waals surface area contributed by atoms with Gasteiger partial charge in [-0.3, -0.25) is 0 Å². The topological polar surface area (TPSA) is 0 Å². The first kappa shape index (κ1) is 18.9. The Morgan fingerprint density at radius 2 is 1.20 bits per heavy atom. The standard InChI is InChI=1S/C15H25Cl3SeSi/c1-10(2)13-8-12(19(16,17)18)9-14(11(3)4)15(13)20(5,6)7/h8-11H,1-7H3. The molecule has 0 bridgehead atoms. The van der Waals surface area contributed by atoms with Gasteiger partial charge in [0.25, 0.3) is 0 Å². The molecule has 0 nitrogen and oxygen atoms in total. The molecule has 0 radical (unpaired) electrons. The summed E-state index contributed by atoms with van der Waals surface area (Å²) >= 11 is 0. The zero-order valence-corrected chi connectivity index (χ0v) is 18.3. The van der Waals surface area contributed by atoms with Gasteiger partial charge in [0.05, 0.1) is 0 Å². The van der Waals surface area contributed by atoms with E-state index >= 15 is 0 Å². The normalized spacial score (nSPS) is 14.2. The van der Waals surface area contributed by atoms with Crippen LogP contribution in [0.4, 0.5) is 0 Å². The first-order valence-corrected chi connectivity index (χ1v) is 18.1. The van der Waals surface area contributed by atoms with Crippen molar-refractivity contribution >= 4 is 58.1 Å². The predicted molar refractivity (Wildman–Crippen MR) is 101 cm³/mol. The van der Waals surface area contributed by atoms with Crippen LogP contribution in [0.3, 0.4) is 0 Å². The van der Waals surface area contributed by atoms with Gasteiger partial charge in [0, 0.05) is 0 Å². The van der Waals surface area contributed by atoms with E-state index in [9.17, 15) is 0 Å². The van der Waals surface area contributed by atoms with E-state index in [2.05, 4.69) is 59.5 Å². The van der Waals surface area contributed by atoms with Crippen molar-refractivity contribution < 1.29 is 0 Å². The molecule has 0 saturated carbocycles. The first-order valence-electron chi connectivity index (χ1n) is 6.96. The van der Waals surface area contributed by atoms with Gasteiger partial charge in [0.15, 0.2) is 0 Å². The molecule has 5 heteroatoms. The molecule has 0 N–H and O–H groups in total. The van der Waals surface area contributed by atoms with Gasteiger partial charge in [-0.05, 0) is 0 Å². The van der Waals surface area contributed by atoms with Crippen LogP contribution in [-0.2, 0) is 0 Å². The summed E-state index contributed by atoms with van der Waals surface area (Å²) in [7, 11) is 14.4. The van der Waals surface area contributed by atoms with Crippen molar-refractivity contribution in [1.82, 2.24) is 0 Å². The van der Waals surface area contributed by atoms with E-state index in [0.29, 0.717) is 11.8 Å². The van der Waals surface area contributed by atoms with Crippen molar-refractivity contribution in [2.75, 3.05) is 0 Å². The molecule has 20 heavy (non-hydrogen) atoms. The van der Waals surface area contributed by atoms with Gasteiger partial charge in [0.1, 0.15) is 0 Å². The molecule has 0 aromatic heterocycles. The van der Waals surface area contributed by atoms with Gasteiger partial charge in [-0.1, -0.05) is 0 Å². The second kappa shape index (κ2) is 6.52. The molecular weight excluding hydrogens is 394 g/mol. The molecule has 0 amide bonds. The number of benzene rings is 1. The van der Waals surface area contributed by atoms with E-state index in [0.717, 1.165) is 4.46 Å². The van der Waals surface area contributed by atoms with Crippen molar-refractivity contribution in [3.63, 3.8) is 0 Å². The number of halogens is 3.